The molecule has 3 heterocycles. The van der Waals surface area contributed by atoms with Crippen molar-refractivity contribution in [2.24, 2.45) is 0 Å². The molecule has 6 nitrogen and oxygen atoms in total. The van der Waals surface area contributed by atoms with Crippen LogP contribution in [0.4, 0.5) is 5.82 Å². The van der Waals surface area contributed by atoms with Crippen LogP contribution in [-0.4, -0.2) is 46.2 Å². The van der Waals surface area contributed by atoms with Crippen molar-refractivity contribution in [3.8, 4) is 0 Å². The second-order valence-corrected chi connectivity index (χ2v) is 4.65. The summed E-state index contributed by atoms with van der Waals surface area (Å²) in [5, 5.41) is 8.15. The van der Waals surface area contributed by atoms with Crippen molar-refractivity contribution in [3.05, 3.63) is 12.0 Å². The van der Waals surface area contributed by atoms with E-state index in [-0.39, 0.29) is 0 Å². The van der Waals surface area contributed by atoms with Crippen LogP contribution in [0.3, 0.4) is 0 Å². The quantitative estimate of drug-likeness (QED) is 0.881. The number of aryl methyl sites for hydroxylation is 1. The van der Waals surface area contributed by atoms with Gasteiger partial charge in [0.15, 0.2) is 0 Å². The van der Waals surface area contributed by atoms with E-state index in [1.54, 1.807) is 0 Å². The van der Waals surface area contributed by atoms with Gasteiger partial charge in [-0.15, -0.1) is 0 Å². The molecule has 1 aliphatic rings. The summed E-state index contributed by atoms with van der Waals surface area (Å²) in [5.41, 5.74) is 1.38. The van der Waals surface area contributed by atoms with Gasteiger partial charge in [-0.2, -0.15) is 4.98 Å². The molecule has 0 atom stereocenters. The third-order valence-corrected chi connectivity index (χ3v) is 3.36. The molecule has 1 saturated heterocycles. The molecule has 0 spiro atoms. The van der Waals surface area contributed by atoms with Gasteiger partial charge in [0.05, 0.1) is 5.69 Å². The molecule has 0 radical (unpaired) electrons. The monoisotopic (exact) mass is 247 g/mol. The van der Waals surface area contributed by atoms with Crippen molar-refractivity contribution in [1.82, 2.24) is 20.0 Å². The minimum atomic E-state index is 0.547. The molecular formula is C12H17N5O. The van der Waals surface area contributed by atoms with Crippen LogP contribution in [0.5, 0.6) is 0 Å². The number of hydrogen-bond donors (Lipinski definition) is 1. The lowest BCUT2D eigenvalue weighted by Gasteiger charge is -2.14. The fourth-order valence-electron chi connectivity index (χ4n) is 2.39. The van der Waals surface area contributed by atoms with Gasteiger partial charge in [-0.25, -0.2) is 4.98 Å². The van der Waals surface area contributed by atoms with E-state index >= 15 is 0 Å². The minimum Gasteiger partial charge on any atom is -0.368 e. The van der Waals surface area contributed by atoms with E-state index < -0.39 is 0 Å². The molecule has 2 aromatic rings. The highest BCUT2D eigenvalue weighted by Gasteiger charge is 2.13. The van der Waals surface area contributed by atoms with Gasteiger partial charge in [-0.3, -0.25) is 0 Å². The highest BCUT2D eigenvalue weighted by molar-refractivity contribution is 5.87. The van der Waals surface area contributed by atoms with Crippen molar-refractivity contribution >= 4 is 16.9 Å². The van der Waals surface area contributed by atoms with Crippen LogP contribution >= 0.6 is 0 Å². The summed E-state index contributed by atoms with van der Waals surface area (Å²) in [5.74, 6) is 0.818. The lowest BCUT2D eigenvalue weighted by molar-refractivity contribution is 0.352. The zero-order valence-corrected chi connectivity index (χ0v) is 10.5. The molecule has 3 rings (SSSR count). The molecule has 0 aromatic carbocycles. The fourth-order valence-corrected chi connectivity index (χ4v) is 2.39. The van der Waals surface area contributed by atoms with E-state index in [2.05, 4.69) is 25.3 Å². The highest BCUT2D eigenvalue weighted by atomic mass is 16.5. The normalized spacial score (nSPS) is 16.5. The number of anilines is 1. The van der Waals surface area contributed by atoms with Crippen LogP contribution in [0.1, 0.15) is 18.5 Å². The zero-order valence-electron chi connectivity index (χ0n) is 10.5. The van der Waals surface area contributed by atoms with Gasteiger partial charge in [0, 0.05) is 13.1 Å². The largest absolute Gasteiger partial charge is 0.368 e. The third-order valence-electron chi connectivity index (χ3n) is 3.36. The van der Waals surface area contributed by atoms with E-state index in [1.165, 1.54) is 32.3 Å². The van der Waals surface area contributed by atoms with Crippen LogP contribution in [0.2, 0.25) is 0 Å². The first-order valence-electron chi connectivity index (χ1n) is 6.38. The van der Waals surface area contributed by atoms with Crippen molar-refractivity contribution in [2.75, 3.05) is 31.5 Å². The Labute approximate surface area is 105 Å². The highest BCUT2D eigenvalue weighted by Crippen LogP contribution is 2.22. The average Bonchev–Trinajstić information content (AvgIpc) is 3.00. The van der Waals surface area contributed by atoms with Gasteiger partial charge >= 0.3 is 0 Å². The number of nitrogens with zero attached hydrogens (tertiary/aromatic N) is 4. The molecule has 0 bridgehead atoms. The molecule has 0 saturated carbocycles. The number of likely N-dealkylation sites (tertiary alicyclic amines) is 1. The van der Waals surface area contributed by atoms with Gasteiger partial charge in [-0.1, -0.05) is 5.16 Å². The number of rotatable bonds is 4. The SMILES string of the molecule is Cc1noc2ncnc(NCCN3CCCC3)c12. The summed E-state index contributed by atoms with van der Waals surface area (Å²) in [6.45, 7) is 6.27. The maximum atomic E-state index is 5.12. The third kappa shape index (κ3) is 2.15. The molecule has 1 aliphatic heterocycles. The molecular weight excluding hydrogens is 230 g/mol. The van der Waals surface area contributed by atoms with Crippen LogP contribution in [0.15, 0.2) is 10.9 Å². The maximum Gasteiger partial charge on any atom is 0.263 e. The predicted molar refractivity (Wildman–Crippen MR) is 68.5 cm³/mol. The summed E-state index contributed by atoms with van der Waals surface area (Å²) in [4.78, 5) is 10.8. The second kappa shape index (κ2) is 4.89. The Morgan fingerprint density at radius 3 is 3.00 bits per heavy atom. The number of hydrogen-bond acceptors (Lipinski definition) is 6. The average molecular weight is 247 g/mol. The first kappa shape index (κ1) is 11.4. The molecule has 2 aromatic heterocycles. The van der Waals surface area contributed by atoms with Gasteiger partial charge in [0.1, 0.15) is 17.5 Å². The summed E-state index contributed by atoms with van der Waals surface area (Å²) < 4.78 is 5.12. The Morgan fingerprint density at radius 2 is 2.17 bits per heavy atom. The Morgan fingerprint density at radius 1 is 1.33 bits per heavy atom. The van der Waals surface area contributed by atoms with E-state index in [9.17, 15) is 0 Å². The van der Waals surface area contributed by atoms with Crippen molar-refractivity contribution < 1.29 is 4.52 Å². The van der Waals surface area contributed by atoms with E-state index in [0.717, 1.165) is 30.0 Å². The van der Waals surface area contributed by atoms with Crippen molar-refractivity contribution in [1.29, 1.82) is 0 Å². The Kier molecular flexibility index (Phi) is 3.10. The summed E-state index contributed by atoms with van der Waals surface area (Å²) in [7, 11) is 0. The predicted octanol–water partition coefficient (Wildman–Crippen LogP) is 1.43. The smallest absolute Gasteiger partial charge is 0.263 e. The van der Waals surface area contributed by atoms with E-state index in [1.807, 2.05) is 6.92 Å². The number of nitrogens with one attached hydrogen (secondary N) is 1. The molecule has 6 heteroatoms. The van der Waals surface area contributed by atoms with E-state index in [0.29, 0.717) is 5.71 Å². The summed E-state index contributed by atoms with van der Waals surface area (Å²) in [6, 6.07) is 0. The fraction of sp³-hybridized carbons (Fsp3) is 0.583. The standard InChI is InChI=1S/C12H17N5O/c1-9-10-11(14-8-15-12(10)18-16-9)13-4-7-17-5-2-3-6-17/h8H,2-7H2,1H3,(H,13,14,15). The van der Waals surface area contributed by atoms with Crippen LogP contribution < -0.4 is 5.32 Å². The van der Waals surface area contributed by atoms with Gasteiger partial charge in [0.25, 0.3) is 5.71 Å². The molecule has 0 amide bonds. The number of aromatic nitrogens is 3. The topological polar surface area (TPSA) is 67.1 Å². The molecule has 1 N–H and O–H groups in total. The molecule has 0 aliphatic carbocycles. The van der Waals surface area contributed by atoms with Crippen LogP contribution in [0.25, 0.3) is 11.1 Å². The maximum absolute atomic E-state index is 5.12. The summed E-state index contributed by atoms with van der Waals surface area (Å²) in [6.07, 6.45) is 4.15. The van der Waals surface area contributed by atoms with Crippen molar-refractivity contribution in [2.45, 2.75) is 19.8 Å². The zero-order chi connectivity index (χ0) is 12.4. The second-order valence-electron chi connectivity index (χ2n) is 4.65. The van der Waals surface area contributed by atoms with Crippen LogP contribution in [-0.2, 0) is 0 Å². The van der Waals surface area contributed by atoms with Crippen molar-refractivity contribution in [3.63, 3.8) is 0 Å². The lowest BCUT2D eigenvalue weighted by Crippen LogP contribution is -2.26. The molecule has 18 heavy (non-hydrogen) atoms. The minimum absolute atomic E-state index is 0.547. The Bertz CT molecular complexity index is 532. The Balaban J connectivity index is 1.68. The molecule has 96 valence electrons. The van der Waals surface area contributed by atoms with Gasteiger partial charge < -0.3 is 14.7 Å². The molecule has 1 fully saturated rings. The van der Waals surface area contributed by atoms with Crippen LogP contribution in [0, 0.1) is 6.92 Å². The van der Waals surface area contributed by atoms with Gasteiger partial charge in [0.2, 0.25) is 0 Å². The first-order chi connectivity index (χ1) is 8.84. The lowest BCUT2D eigenvalue weighted by atomic mass is 10.3. The summed E-state index contributed by atoms with van der Waals surface area (Å²) >= 11 is 0. The first-order valence-corrected chi connectivity index (χ1v) is 6.38. The van der Waals surface area contributed by atoms with E-state index in [4.69, 9.17) is 4.52 Å². The van der Waals surface area contributed by atoms with Gasteiger partial charge in [-0.05, 0) is 32.9 Å². The number of fused-ring (bicyclic) bond motifs is 1. The molecule has 0 unspecified atom stereocenters. The Hall–Kier alpha value is -1.69.